The van der Waals surface area contributed by atoms with Crippen LogP contribution < -0.4 is 0 Å². The maximum Gasteiger partial charge on any atom is 0.0909 e. The summed E-state index contributed by atoms with van der Waals surface area (Å²) < 4.78 is 0. The first-order chi connectivity index (χ1) is 9.17. The molecular formula is C16H20N2S2. The van der Waals surface area contributed by atoms with Crippen LogP contribution in [0.5, 0.6) is 0 Å². The Morgan fingerprint density at radius 3 is 1.90 bits per heavy atom. The normalized spacial score (nSPS) is 11.5. The van der Waals surface area contributed by atoms with E-state index in [1.807, 2.05) is 27.7 Å². The zero-order chi connectivity index (χ0) is 15.6. The lowest BCUT2D eigenvalue weighted by Crippen LogP contribution is -2.25. The molecule has 1 aromatic carbocycles. The Balaban J connectivity index is 3.76. The van der Waals surface area contributed by atoms with Gasteiger partial charge in [0.15, 0.2) is 0 Å². The minimum absolute atomic E-state index is 0.441. The third-order valence-corrected chi connectivity index (χ3v) is 3.84. The van der Waals surface area contributed by atoms with Gasteiger partial charge in [-0.3, -0.25) is 0 Å². The fourth-order valence-corrected chi connectivity index (χ4v) is 2.91. The van der Waals surface area contributed by atoms with Crippen LogP contribution in [0.3, 0.4) is 0 Å². The van der Waals surface area contributed by atoms with Crippen molar-refractivity contribution in [3.63, 3.8) is 0 Å². The summed E-state index contributed by atoms with van der Waals surface area (Å²) in [4.78, 5) is 8.65. The van der Waals surface area contributed by atoms with Crippen LogP contribution in [0, 0.1) is 13.8 Å². The minimum Gasteiger partial charge on any atom is -0.221 e. The molecule has 0 heterocycles. The topological polar surface area (TPSA) is 24.7 Å². The van der Waals surface area contributed by atoms with Gasteiger partial charge in [0, 0.05) is 0 Å². The molecule has 1 rings (SSSR count). The number of aryl methyl sites for hydroxylation is 1. The van der Waals surface area contributed by atoms with Gasteiger partial charge in [0.05, 0.1) is 21.4 Å². The van der Waals surface area contributed by atoms with Crippen LogP contribution in [0.2, 0.25) is 0 Å². The molecule has 0 amide bonds. The van der Waals surface area contributed by atoms with Gasteiger partial charge in [-0.1, -0.05) is 12.1 Å². The smallest absolute Gasteiger partial charge is 0.0909 e. The first kappa shape index (κ1) is 16.9. The van der Waals surface area contributed by atoms with Crippen molar-refractivity contribution in [1.29, 1.82) is 0 Å². The molecule has 0 saturated carbocycles. The van der Waals surface area contributed by atoms with Crippen LogP contribution in [-0.4, -0.2) is 10.3 Å². The summed E-state index contributed by atoms with van der Waals surface area (Å²) in [6.07, 6.45) is 0. The SMILES string of the molecule is Cc1ccc(C(C)(C)N=C=S)c(C(C)(C)N=C=S)c1C. The lowest BCUT2D eigenvalue weighted by molar-refractivity contribution is 0.502. The molecular weight excluding hydrogens is 284 g/mol. The second-order valence-electron chi connectivity index (χ2n) is 5.95. The summed E-state index contributed by atoms with van der Waals surface area (Å²) in [6.45, 7) is 12.3. The van der Waals surface area contributed by atoms with E-state index in [0.717, 1.165) is 11.1 Å². The highest BCUT2D eigenvalue weighted by Gasteiger charge is 2.32. The molecule has 0 unspecified atom stereocenters. The standard InChI is InChI=1S/C16H20N2S2/c1-11-7-8-13(15(3,4)17-9-19)14(12(11)2)16(5,6)18-10-20/h7-8H,1-6H3. The van der Waals surface area contributed by atoms with E-state index in [0.29, 0.717) is 0 Å². The van der Waals surface area contributed by atoms with Crippen molar-refractivity contribution < 1.29 is 0 Å². The molecule has 0 aliphatic heterocycles. The Hall–Kier alpha value is -1.18. The van der Waals surface area contributed by atoms with Gasteiger partial charge < -0.3 is 0 Å². The van der Waals surface area contributed by atoms with Crippen molar-refractivity contribution in [2.24, 2.45) is 9.98 Å². The van der Waals surface area contributed by atoms with E-state index >= 15 is 0 Å². The Bertz CT molecular complexity index is 618. The second kappa shape index (κ2) is 6.07. The van der Waals surface area contributed by atoms with Gasteiger partial charge in [0.2, 0.25) is 0 Å². The molecule has 0 aromatic heterocycles. The zero-order valence-electron chi connectivity index (χ0n) is 12.9. The van der Waals surface area contributed by atoms with Gasteiger partial charge in [0.1, 0.15) is 0 Å². The van der Waals surface area contributed by atoms with Crippen molar-refractivity contribution in [3.8, 4) is 0 Å². The molecule has 0 N–H and O–H groups in total. The lowest BCUT2D eigenvalue weighted by Gasteiger charge is -2.31. The van der Waals surface area contributed by atoms with Crippen molar-refractivity contribution in [2.45, 2.75) is 52.6 Å². The Labute approximate surface area is 132 Å². The van der Waals surface area contributed by atoms with Crippen molar-refractivity contribution in [2.75, 3.05) is 0 Å². The molecule has 20 heavy (non-hydrogen) atoms. The van der Waals surface area contributed by atoms with E-state index in [1.165, 1.54) is 11.1 Å². The van der Waals surface area contributed by atoms with E-state index in [1.54, 1.807) is 0 Å². The van der Waals surface area contributed by atoms with Gasteiger partial charge in [-0.05, 0) is 88.2 Å². The predicted molar refractivity (Wildman–Crippen MR) is 92.0 cm³/mol. The van der Waals surface area contributed by atoms with E-state index in [9.17, 15) is 0 Å². The van der Waals surface area contributed by atoms with E-state index in [2.05, 4.69) is 46.3 Å². The van der Waals surface area contributed by atoms with Crippen LogP contribution in [0.25, 0.3) is 0 Å². The average molecular weight is 304 g/mol. The van der Waals surface area contributed by atoms with Crippen molar-refractivity contribution in [1.82, 2.24) is 0 Å². The number of rotatable bonds is 4. The fourth-order valence-electron chi connectivity index (χ4n) is 2.46. The van der Waals surface area contributed by atoms with Crippen LogP contribution in [0.1, 0.15) is 49.9 Å². The summed E-state index contributed by atoms with van der Waals surface area (Å²) >= 11 is 9.57. The monoisotopic (exact) mass is 304 g/mol. The molecule has 0 radical (unpaired) electrons. The van der Waals surface area contributed by atoms with Gasteiger partial charge in [-0.15, -0.1) is 0 Å². The number of hydrogen-bond donors (Lipinski definition) is 0. The molecule has 0 fully saturated rings. The summed E-state index contributed by atoms with van der Waals surface area (Å²) in [6, 6.07) is 4.19. The molecule has 0 aliphatic rings. The molecule has 0 bridgehead atoms. The van der Waals surface area contributed by atoms with E-state index < -0.39 is 11.1 Å². The minimum atomic E-state index is -0.443. The maximum absolute atomic E-state index is 4.80. The quantitative estimate of drug-likeness (QED) is 0.579. The van der Waals surface area contributed by atoms with Gasteiger partial charge in [-0.2, -0.15) is 0 Å². The molecule has 0 spiro atoms. The highest BCUT2D eigenvalue weighted by Crippen LogP contribution is 2.38. The number of benzene rings is 1. The number of thiocarbonyl (C=S) groups is 2. The van der Waals surface area contributed by atoms with E-state index in [4.69, 9.17) is 24.4 Å². The third kappa shape index (κ3) is 3.28. The predicted octanol–water partition coefficient (Wildman–Crippen LogP) is 4.98. The Kier molecular flexibility index (Phi) is 5.12. The lowest BCUT2D eigenvalue weighted by atomic mass is 9.79. The van der Waals surface area contributed by atoms with Crippen molar-refractivity contribution >= 4 is 34.8 Å². The molecule has 0 saturated heterocycles. The number of isothiocyanates is 2. The summed E-state index contributed by atoms with van der Waals surface area (Å²) in [5.41, 5.74) is 3.77. The zero-order valence-corrected chi connectivity index (χ0v) is 14.5. The third-order valence-electron chi connectivity index (χ3n) is 3.66. The van der Waals surface area contributed by atoms with E-state index in [-0.39, 0.29) is 0 Å². The van der Waals surface area contributed by atoms with Crippen LogP contribution in [0.4, 0.5) is 0 Å². The Morgan fingerprint density at radius 2 is 1.40 bits per heavy atom. The van der Waals surface area contributed by atoms with Crippen molar-refractivity contribution in [3.05, 3.63) is 34.4 Å². The maximum atomic E-state index is 4.80. The molecule has 0 atom stereocenters. The molecule has 2 nitrogen and oxygen atoms in total. The molecule has 1 aromatic rings. The van der Waals surface area contributed by atoms with Crippen LogP contribution in [0.15, 0.2) is 22.1 Å². The summed E-state index contributed by atoms with van der Waals surface area (Å²) in [7, 11) is 0. The molecule has 4 heteroatoms. The van der Waals surface area contributed by atoms with Gasteiger partial charge in [0.25, 0.3) is 0 Å². The largest absolute Gasteiger partial charge is 0.221 e. The Morgan fingerprint density at radius 1 is 0.900 bits per heavy atom. The number of hydrogen-bond acceptors (Lipinski definition) is 4. The van der Waals surface area contributed by atoms with Crippen LogP contribution in [-0.2, 0) is 11.1 Å². The molecule has 0 aliphatic carbocycles. The number of aliphatic imine (C=N–C) groups is 2. The second-order valence-corrected chi connectivity index (χ2v) is 6.32. The first-order valence-electron chi connectivity index (χ1n) is 6.46. The van der Waals surface area contributed by atoms with Gasteiger partial charge in [-0.25, -0.2) is 9.98 Å². The highest BCUT2D eigenvalue weighted by atomic mass is 32.1. The summed E-state index contributed by atoms with van der Waals surface area (Å²) in [5, 5.41) is 5.00. The average Bonchev–Trinajstić information content (AvgIpc) is 2.31. The number of nitrogens with zero attached hydrogens (tertiary/aromatic N) is 2. The summed E-state index contributed by atoms with van der Waals surface area (Å²) in [5.74, 6) is 0. The molecule has 106 valence electrons. The fraction of sp³-hybridized carbons (Fsp3) is 0.500. The first-order valence-corrected chi connectivity index (χ1v) is 7.28. The van der Waals surface area contributed by atoms with Crippen LogP contribution >= 0.6 is 24.4 Å². The van der Waals surface area contributed by atoms with Gasteiger partial charge >= 0.3 is 0 Å². The highest BCUT2D eigenvalue weighted by molar-refractivity contribution is 7.78.